The minimum absolute atomic E-state index is 0.0243. The van der Waals surface area contributed by atoms with Crippen molar-refractivity contribution in [3.05, 3.63) is 0 Å². The Hall–Kier alpha value is -0.570. The molecule has 0 bridgehead atoms. The molecule has 3 heteroatoms. The van der Waals surface area contributed by atoms with Gasteiger partial charge in [-0.15, -0.1) is 0 Å². The molecule has 19 heavy (non-hydrogen) atoms. The van der Waals surface area contributed by atoms with Crippen molar-refractivity contribution in [3.8, 4) is 0 Å². The zero-order valence-electron chi connectivity index (χ0n) is 13.7. The molecule has 1 fully saturated rings. The summed E-state index contributed by atoms with van der Waals surface area (Å²) >= 11 is 0. The van der Waals surface area contributed by atoms with Crippen LogP contribution in [0.5, 0.6) is 0 Å². The molecule has 112 valence electrons. The monoisotopic (exact) mass is 268 g/mol. The lowest BCUT2D eigenvalue weighted by molar-refractivity contribution is -0.131. The Balaban J connectivity index is 2.78. The molecule has 2 atom stereocenters. The number of carbonyl (C=O) groups is 1. The lowest BCUT2D eigenvalue weighted by atomic mass is 9.85. The Bertz CT molecular complexity index is 291. The molecule has 1 rings (SSSR count). The van der Waals surface area contributed by atoms with Gasteiger partial charge in [0.25, 0.3) is 0 Å². The van der Waals surface area contributed by atoms with Gasteiger partial charge in [-0.3, -0.25) is 10.1 Å². The summed E-state index contributed by atoms with van der Waals surface area (Å²) in [6.07, 6.45) is 1.27. The van der Waals surface area contributed by atoms with Crippen LogP contribution in [0.25, 0.3) is 0 Å². The average molecular weight is 268 g/mol. The van der Waals surface area contributed by atoms with Crippen molar-refractivity contribution >= 4 is 5.91 Å². The standard InChI is InChI=1S/C16H32N2O/c1-10(2)8-15-17-13(7)16(19)18(15)9-14(11(3)4)12(5)6/h10-15,17H,8-9H2,1-7H3. The van der Waals surface area contributed by atoms with E-state index >= 15 is 0 Å². The molecule has 1 saturated heterocycles. The van der Waals surface area contributed by atoms with Crippen LogP contribution >= 0.6 is 0 Å². The van der Waals surface area contributed by atoms with Gasteiger partial charge in [-0.1, -0.05) is 41.5 Å². The van der Waals surface area contributed by atoms with Gasteiger partial charge < -0.3 is 4.90 Å². The number of hydrogen-bond donors (Lipinski definition) is 1. The smallest absolute Gasteiger partial charge is 0.240 e. The molecule has 0 aliphatic carbocycles. The third-order valence-corrected chi connectivity index (χ3v) is 4.29. The first-order chi connectivity index (χ1) is 8.73. The lowest BCUT2D eigenvalue weighted by Gasteiger charge is -2.33. The Morgan fingerprint density at radius 3 is 2.05 bits per heavy atom. The molecule has 1 aliphatic heterocycles. The maximum atomic E-state index is 12.3. The summed E-state index contributed by atoms with van der Waals surface area (Å²) in [6.45, 7) is 16.4. The summed E-state index contributed by atoms with van der Waals surface area (Å²) in [7, 11) is 0. The van der Waals surface area contributed by atoms with E-state index in [0.717, 1.165) is 13.0 Å². The first-order valence-electron chi connectivity index (χ1n) is 7.80. The largest absolute Gasteiger partial charge is 0.325 e. The predicted octanol–water partition coefficient (Wildman–Crippen LogP) is 3.11. The summed E-state index contributed by atoms with van der Waals surface area (Å²) < 4.78 is 0. The Morgan fingerprint density at radius 2 is 1.63 bits per heavy atom. The number of nitrogens with one attached hydrogen (secondary N) is 1. The molecule has 0 saturated carbocycles. The fourth-order valence-electron chi connectivity index (χ4n) is 3.13. The number of hydrogen-bond acceptors (Lipinski definition) is 2. The van der Waals surface area contributed by atoms with Crippen LogP contribution in [-0.2, 0) is 4.79 Å². The van der Waals surface area contributed by atoms with Gasteiger partial charge in [-0.2, -0.15) is 0 Å². The molecular weight excluding hydrogens is 236 g/mol. The van der Waals surface area contributed by atoms with Gasteiger partial charge in [0.15, 0.2) is 0 Å². The van der Waals surface area contributed by atoms with Crippen LogP contribution < -0.4 is 5.32 Å². The molecular formula is C16H32N2O. The van der Waals surface area contributed by atoms with E-state index in [-0.39, 0.29) is 18.1 Å². The molecule has 1 heterocycles. The van der Waals surface area contributed by atoms with Gasteiger partial charge in [0.2, 0.25) is 5.91 Å². The Labute approximate surface area is 119 Å². The van der Waals surface area contributed by atoms with Crippen LogP contribution in [0.3, 0.4) is 0 Å². The van der Waals surface area contributed by atoms with Crippen molar-refractivity contribution in [1.29, 1.82) is 0 Å². The summed E-state index contributed by atoms with van der Waals surface area (Å²) in [4.78, 5) is 14.4. The zero-order chi connectivity index (χ0) is 14.7. The lowest BCUT2D eigenvalue weighted by Crippen LogP contribution is -2.43. The fraction of sp³-hybridized carbons (Fsp3) is 0.938. The molecule has 1 N–H and O–H groups in total. The van der Waals surface area contributed by atoms with E-state index in [9.17, 15) is 4.79 Å². The van der Waals surface area contributed by atoms with Crippen molar-refractivity contribution in [1.82, 2.24) is 10.2 Å². The Morgan fingerprint density at radius 1 is 1.11 bits per heavy atom. The van der Waals surface area contributed by atoms with Crippen LogP contribution in [0.15, 0.2) is 0 Å². The number of amides is 1. The average Bonchev–Trinajstić information content (AvgIpc) is 2.50. The highest BCUT2D eigenvalue weighted by atomic mass is 16.2. The van der Waals surface area contributed by atoms with Crippen molar-refractivity contribution in [2.75, 3.05) is 6.54 Å². The SMILES string of the molecule is CC(C)CC1NC(C)C(=O)N1CC(C(C)C)C(C)C. The van der Waals surface area contributed by atoms with Crippen LogP contribution in [-0.4, -0.2) is 29.6 Å². The highest BCUT2D eigenvalue weighted by Gasteiger charge is 2.38. The van der Waals surface area contributed by atoms with Gasteiger partial charge in [-0.25, -0.2) is 0 Å². The van der Waals surface area contributed by atoms with Gasteiger partial charge in [0, 0.05) is 6.54 Å². The summed E-state index contributed by atoms with van der Waals surface area (Å²) in [5.74, 6) is 2.68. The first-order valence-corrected chi connectivity index (χ1v) is 7.80. The van der Waals surface area contributed by atoms with Crippen LogP contribution in [0.2, 0.25) is 0 Å². The van der Waals surface area contributed by atoms with E-state index in [1.165, 1.54) is 0 Å². The van der Waals surface area contributed by atoms with E-state index in [4.69, 9.17) is 0 Å². The maximum Gasteiger partial charge on any atom is 0.240 e. The fourth-order valence-corrected chi connectivity index (χ4v) is 3.13. The molecule has 0 aromatic carbocycles. The van der Waals surface area contributed by atoms with E-state index in [1.807, 2.05) is 6.92 Å². The number of carbonyl (C=O) groups excluding carboxylic acids is 1. The molecule has 1 aliphatic rings. The predicted molar refractivity (Wildman–Crippen MR) is 80.7 cm³/mol. The first kappa shape index (κ1) is 16.5. The second kappa shape index (κ2) is 6.74. The summed E-state index contributed by atoms with van der Waals surface area (Å²) in [6, 6.07) is -0.0243. The minimum atomic E-state index is -0.0243. The second-order valence-electron chi connectivity index (χ2n) is 7.18. The van der Waals surface area contributed by atoms with Crippen molar-refractivity contribution in [2.45, 2.75) is 67.1 Å². The van der Waals surface area contributed by atoms with Gasteiger partial charge in [0.05, 0.1) is 12.2 Å². The highest BCUT2D eigenvalue weighted by molar-refractivity contribution is 5.83. The topological polar surface area (TPSA) is 32.3 Å². The quantitative estimate of drug-likeness (QED) is 0.803. The third-order valence-electron chi connectivity index (χ3n) is 4.29. The van der Waals surface area contributed by atoms with Crippen molar-refractivity contribution in [2.24, 2.45) is 23.7 Å². The highest BCUT2D eigenvalue weighted by Crippen LogP contribution is 2.26. The maximum absolute atomic E-state index is 12.3. The molecule has 0 aromatic heterocycles. The number of nitrogens with zero attached hydrogens (tertiary/aromatic N) is 1. The van der Waals surface area contributed by atoms with E-state index in [1.54, 1.807) is 0 Å². The Kier molecular flexibility index (Phi) is 5.84. The zero-order valence-corrected chi connectivity index (χ0v) is 13.7. The second-order valence-corrected chi connectivity index (χ2v) is 7.18. The van der Waals surface area contributed by atoms with Gasteiger partial charge in [-0.05, 0) is 37.0 Å². The molecule has 1 amide bonds. The minimum Gasteiger partial charge on any atom is -0.325 e. The van der Waals surface area contributed by atoms with Crippen LogP contribution in [0.4, 0.5) is 0 Å². The van der Waals surface area contributed by atoms with Crippen LogP contribution in [0.1, 0.15) is 54.9 Å². The summed E-state index contributed by atoms with van der Waals surface area (Å²) in [5.41, 5.74) is 0. The van der Waals surface area contributed by atoms with Gasteiger partial charge in [0.1, 0.15) is 0 Å². The van der Waals surface area contributed by atoms with Crippen molar-refractivity contribution in [3.63, 3.8) is 0 Å². The summed E-state index contributed by atoms with van der Waals surface area (Å²) in [5, 5.41) is 3.44. The van der Waals surface area contributed by atoms with E-state index < -0.39 is 0 Å². The van der Waals surface area contributed by atoms with E-state index in [2.05, 4.69) is 51.8 Å². The van der Waals surface area contributed by atoms with Crippen molar-refractivity contribution < 1.29 is 4.79 Å². The normalized spacial score (nSPS) is 24.6. The third kappa shape index (κ3) is 4.20. The number of rotatable bonds is 6. The molecule has 0 spiro atoms. The molecule has 3 nitrogen and oxygen atoms in total. The van der Waals surface area contributed by atoms with E-state index in [0.29, 0.717) is 23.7 Å². The van der Waals surface area contributed by atoms with Gasteiger partial charge >= 0.3 is 0 Å². The molecule has 0 radical (unpaired) electrons. The molecule has 2 unspecified atom stereocenters. The molecule has 0 aromatic rings. The van der Waals surface area contributed by atoms with Crippen LogP contribution in [0, 0.1) is 23.7 Å².